The van der Waals surface area contributed by atoms with Crippen LogP contribution < -0.4 is 5.32 Å². The zero-order valence-corrected chi connectivity index (χ0v) is 8.06. The topological polar surface area (TPSA) is 67.0 Å². The van der Waals surface area contributed by atoms with Crippen LogP contribution in [-0.4, -0.2) is 29.4 Å². The van der Waals surface area contributed by atoms with Gasteiger partial charge in [-0.1, -0.05) is 18.2 Å². The van der Waals surface area contributed by atoms with Gasteiger partial charge >= 0.3 is 6.09 Å². The SMILES string of the molecule is O=C1NCCO1.c1ccc2[nH]ncc2c1. The van der Waals surface area contributed by atoms with Gasteiger partial charge in [-0.25, -0.2) is 4.79 Å². The number of hydrogen-bond acceptors (Lipinski definition) is 3. The molecule has 0 saturated carbocycles. The average Bonchev–Trinajstić information content (AvgIpc) is 2.88. The van der Waals surface area contributed by atoms with E-state index < -0.39 is 0 Å². The lowest BCUT2D eigenvalue weighted by atomic mass is 10.3. The molecule has 1 saturated heterocycles. The summed E-state index contributed by atoms with van der Waals surface area (Å²) in [6.07, 6.45) is 1.52. The van der Waals surface area contributed by atoms with Crippen LogP contribution in [0.25, 0.3) is 10.9 Å². The maximum Gasteiger partial charge on any atom is 0.407 e. The summed E-state index contributed by atoms with van der Waals surface area (Å²) < 4.78 is 4.40. The van der Waals surface area contributed by atoms with Crippen LogP contribution in [0.4, 0.5) is 4.79 Å². The zero-order chi connectivity index (χ0) is 10.5. The number of nitrogens with zero attached hydrogens (tertiary/aromatic N) is 1. The number of nitrogens with one attached hydrogen (secondary N) is 2. The lowest BCUT2D eigenvalue weighted by molar-refractivity contribution is 0.178. The second-order valence-electron chi connectivity index (χ2n) is 3.02. The van der Waals surface area contributed by atoms with Crippen LogP contribution in [0.2, 0.25) is 0 Å². The summed E-state index contributed by atoms with van der Waals surface area (Å²) in [6, 6.07) is 8.01. The molecular formula is C10H11N3O2. The molecule has 5 heteroatoms. The number of hydrogen-bond donors (Lipinski definition) is 2. The predicted molar refractivity (Wildman–Crippen MR) is 55.4 cm³/mol. The minimum Gasteiger partial charge on any atom is -0.448 e. The second kappa shape index (κ2) is 4.45. The summed E-state index contributed by atoms with van der Waals surface area (Å²) in [4.78, 5) is 9.91. The van der Waals surface area contributed by atoms with Crippen molar-refractivity contribution in [1.29, 1.82) is 0 Å². The number of H-pyrrole nitrogens is 1. The molecule has 0 atom stereocenters. The third-order valence-electron chi connectivity index (χ3n) is 1.95. The van der Waals surface area contributed by atoms with Crippen molar-refractivity contribution < 1.29 is 9.53 Å². The fourth-order valence-electron chi connectivity index (χ4n) is 1.23. The standard InChI is InChI=1S/C7H6N2.C3H5NO2/c1-2-4-7-6(3-1)5-8-9-7;5-3-4-1-2-6-3/h1-5H,(H,8,9);1-2H2,(H,4,5). The first-order valence-electron chi connectivity index (χ1n) is 4.65. The normalized spacial score (nSPS) is 14.0. The molecule has 1 aromatic heterocycles. The lowest BCUT2D eigenvalue weighted by Gasteiger charge is -1.81. The number of amides is 1. The van der Waals surface area contributed by atoms with Gasteiger partial charge in [-0.2, -0.15) is 5.10 Å². The van der Waals surface area contributed by atoms with Crippen LogP contribution in [0.1, 0.15) is 0 Å². The van der Waals surface area contributed by atoms with Gasteiger partial charge in [0.25, 0.3) is 0 Å². The van der Waals surface area contributed by atoms with Crippen LogP contribution in [0.5, 0.6) is 0 Å². The van der Waals surface area contributed by atoms with Crippen molar-refractivity contribution in [3.05, 3.63) is 30.5 Å². The quantitative estimate of drug-likeness (QED) is 0.681. The summed E-state index contributed by atoms with van der Waals surface area (Å²) in [6.45, 7) is 1.19. The number of carbonyl (C=O) groups excluding carboxylic acids is 1. The molecule has 2 N–H and O–H groups in total. The largest absolute Gasteiger partial charge is 0.448 e. The number of cyclic esters (lactones) is 1. The summed E-state index contributed by atoms with van der Waals surface area (Å²) in [7, 11) is 0. The van der Waals surface area contributed by atoms with E-state index in [1.807, 2.05) is 30.5 Å². The van der Waals surface area contributed by atoms with Crippen LogP contribution in [0.3, 0.4) is 0 Å². The molecule has 15 heavy (non-hydrogen) atoms. The Morgan fingerprint density at radius 1 is 1.33 bits per heavy atom. The van der Waals surface area contributed by atoms with Crippen LogP contribution in [0, 0.1) is 0 Å². The number of aromatic amines is 1. The van der Waals surface area contributed by atoms with Crippen LogP contribution >= 0.6 is 0 Å². The Hall–Kier alpha value is -2.04. The molecular weight excluding hydrogens is 194 g/mol. The number of fused-ring (bicyclic) bond motifs is 1. The van der Waals surface area contributed by atoms with Gasteiger partial charge in [-0.3, -0.25) is 5.10 Å². The molecule has 1 aliphatic heterocycles. The Bertz CT molecular complexity index is 414. The molecule has 0 unspecified atom stereocenters. The third kappa shape index (κ3) is 2.46. The van der Waals surface area contributed by atoms with Crippen molar-refractivity contribution in [1.82, 2.24) is 15.5 Å². The molecule has 5 nitrogen and oxygen atoms in total. The van der Waals surface area contributed by atoms with E-state index in [1.165, 1.54) is 0 Å². The van der Waals surface area contributed by atoms with Crippen molar-refractivity contribution >= 4 is 17.0 Å². The fraction of sp³-hybridized carbons (Fsp3) is 0.200. The first-order valence-corrected chi connectivity index (χ1v) is 4.65. The Morgan fingerprint density at radius 2 is 2.20 bits per heavy atom. The Balaban J connectivity index is 0.000000124. The number of carbonyl (C=O) groups is 1. The number of alkyl carbamates (subject to hydrolysis) is 1. The van der Waals surface area contributed by atoms with Crippen LogP contribution in [0.15, 0.2) is 30.5 Å². The first-order chi connectivity index (χ1) is 7.36. The summed E-state index contributed by atoms with van der Waals surface area (Å²) in [5.74, 6) is 0. The highest BCUT2D eigenvalue weighted by Gasteiger charge is 2.06. The van der Waals surface area contributed by atoms with Crippen molar-refractivity contribution in [2.75, 3.05) is 13.2 Å². The van der Waals surface area contributed by atoms with Gasteiger partial charge in [0.05, 0.1) is 18.3 Å². The van der Waals surface area contributed by atoms with E-state index in [0.29, 0.717) is 13.2 Å². The van der Waals surface area contributed by atoms with E-state index in [-0.39, 0.29) is 6.09 Å². The van der Waals surface area contributed by atoms with Gasteiger partial charge in [0.15, 0.2) is 0 Å². The summed E-state index contributed by atoms with van der Waals surface area (Å²) in [5, 5.41) is 10.4. The van der Waals surface area contributed by atoms with Gasteiger partial charge in [0, 0.05) is 5.39 Å². The highest BCUT2D eigenvalue weighted by Crippen LogP contribution is 2.06. The third-order valence-corrected chi connectivity index (χ3v) is 1.95. The van der Waals surface area contributed by atoms with Gasteiger partial charge in [-0.15, -0.1) is 0 Å². The number of para-hydroxylation sites is 1. The monoisotopic (exact) mass is 205 g/mol. The molecule has 0 spiro atoms. The molecule has 0 aliphatic carbocycles. The maximum atomic E-state index is 9.91. The van der Waals surface area contributed by atoms with Gasteiger partial charge < -0.3 is 10.1 Å². The maximum absolute atomic E-state index is 9.91. The van der Waals surface area contributed by atoms with Crippen molar-refractivity contribution in [2.24, 2.45) is 0 Å². The molecule has 2 aromatic rings. The van der Waals surface area contributed by atoms with E-state index in [0.717, 1.165) is 10.9 Å². The van der Waals surface area contributed by atoms with E-state index in [4.69, 9.17) is 0 Å². The molecule has 2 heterocycles. The molecule has 1 fully saturated rings. The zero-order valence-electron chi connectivity index (χ0n) is 8.06. The van der Waals surface area contributed by atoms with Gasteiger partial charge in [0.1, 0.15) is 6.61 Å². The first kappa shape index (κ1) is 9.51. The Morgan fingerprint density at radius 3 is 2.80 bits per heavy atom. The smallest absolute Gasteiger partial charge is 0.407 e. The Kier molecular flexibility index (Phi) is 2.82. The number of rotatable bonds is 0. The van der Waals surface area contributed by atoms with Crippen molar-refractivity contribution in [3.8, 4) is 0 Å². The minimum absolute atomic E-state index is 0.296. The van der Waals surface area contributed by atoms with Crippen molar-refractivity contribution in [3.63, 3.8) is 0 Å². The number of ether oxygens (including phenoxy) is 1. The molecule has 78 valence electrons. The van der Waals surface area contributed by atoms with E-state index >= 15 is 0 Å². The number of aromatic nitrogens is 2. The molecule has 0 bridgehead atoms. The highest BCUT2D eigenvalue weighted by molar-refractivity contribution is 5.77. The number of benzene rings is 1. The Labute approximate surface area is 86.4 Å². The van der Waals surface area contributed by atoms with Crippen molar-refractivity contribution in [2.45, 2.75) is 0 Å². The highest BCUT2D eigenvalue weighted by atomic mass is 16.6. The summed E-state index contributed by atoms with van der Waals surface area (Å²) in [5.41, 5.74) is 1.09. The fourth-order valence-corrected chi connectivity index (χ4v) is 1.23. The summed E-state index contributed by atoms with van der Waals surface area (Å²) >= 11 is 0. The van der Waals surface area contributed by atoms with Gasteiger partial charge in [-0.05, 0) is 6.07 Å². The molecule has 3 rings (SSSR count). The van der Waals surface area contributed by atoms with E-state index in [1.54, 1.807) is 0 Å². The lowest BCUT2D eigenvalue weighted by Crippen LogP contribution is -2.11. The molecule has 1 aliphatic rings. The average molecular weight is 205 g/mol. The van der Waals surface area contributed by atoms with Gasteiger partial charge in [0.2, 0.25) is 0 Å². The van der Waals surface area contributed by atoms with Crippen LogP contribution in [-0.2, 0) is 4.74 Å². The molecule has 1 aromatic carbocycles. The minimum atomic E-state index is -0.296. The van der Waals surface area contributed by atoms with E-state index in [2.05, 4.69) is 20.3 Å². The molecule has 0 radical (unpaired) electrons. The second-order valence-corrected chi connectivity index (χ2v) is 3.02. The predicted octanol–water partition coefficient (Wildman–Crippen LogP) is 1.29. The van der Waals surface area contributed by atoms with E-state index in [9.17, 15) is 4.79 Å². The molecule has 1 amide bonds.